The summed E-state index contributed by atoms with van der Waals surface area (Å²) in [4.78, 5) is 14.4. The van der Waals surface area contributed by atoms with Gasteiger partial charge in [-0.15, -0.1) is 10.2 Å². The summed E-state index contributed by atoms with van der Waals surface area (Å²) < 4.78 is 10.6. The highest BCUT2D eigenvalue weighted by Gasteiger charge is 2.12. The van der Waals surface area contributed by atoms with Gasteiger partial charge in [0.1, 0.15) is 5.75 Å². The Bertz CT molecular complexity index is 766. The summed E-state index contributed by atoms with van der Waals surface area (Å²) in [5.41, 5.74) is 0.933. The largest absolute Gasteiger partial charge is 0.495 e. The summed E-state index contributed by atoms with van der Waals surface area (Å²) in [7, 11) is 1.57. The van der Waals surface area contributed by atoms with E-state index >= 15 is 0 Å². The molecule has 2 N–H and O–H groups in total. The summed E-state index contributed by atoms with van der Waals surface area (Å²) in [5, 5.41) is 14.6. The molecule has 2 heterocycles. The van der Waals surface area contributed by atoms with Gasteiger partial charge in [-0.05, 0) is 30.3 Å². The highest BCUT2D eigenvalue weighted by molar-refractivity contribution is 6.31. The summed E-state index contributed by atoms with van der Waals surface area (Å²) in [6, 6.07) is 8.53. The van der Waals surface area contributed by atoms with Gasteiger partial charge in [0.25, 0.3) is 5.91 Å². The number of benzene rings is 1. The predicted octanol–water partition coefficient (Wildman–Crippen LogP) is 1.94. The molecule has 1 aliphatic heterocycles. The number of hydrogen-bond acceptors (Lipinski definition) is 7. The van der Waals surface area contributed by atoms with Gasteiger partial charge >= 0.3 is 0 Å². The lowest BCUT2D eigenvalue weighted by atomic mass is 10.3. The highest BCUT2D eigenvalue weighted by Crippen LogP contribution is 2.29. The Kier molecular flexibility index (Phi) is 6.80. The average Bonchev–Trinajstić information content (AvgIpc) is 2.69. The number of morpholine rings is 1. The number of rotatable bonds is 7. The van der Waals surface area contributed by atoms with E-state index in [-0.39, 0.29) is 11.6 Å². The second-order valence-corrected chi connectivity index (χ2v) is 6.42. The van der Waals surface area contributed by atoms with Crippen LogP contribution in [0.25, 0.3) is 0 Å². The van der Waals surface area contributed by atoms with Gasteiger partial charge in [0, 0.05) is 31.2 Å². The summed E-state index contributed by atoms with van der Waals surface area (Å²) in [6.07, 6.45) is 0. The Balaban J connectivity index is 1.53. The lowest BCUT2D eigenvalue weighted by molar-refractivity contribution is 0.0383. The van der Waals surface area contributed by atoms with Crippen LogP contribution in [0.3, 0.4) is 0 Å². The summed E-state index contributed by atoms with van der Waals surface area (Å²) in [5.74, 6) is 0.870. The molecule has 1 aromatic carbocycles. The first-order chi connectivity index (χ1) is 13.2. The number of amides is 1. The number of carbonyl (C=O) groups is 1. The number of anilines is 2. The van der Waals surface area contributed by atoms with Gasteiger partial charge in [-0.3, -0.25) is 9.69 Å². The van der Waals surface area contributed by atoms with Gasteiger partial charge in [0.05, 0.1) is 26.0 Å². The number of methoxy groups -OCH3 is 1. The molecule has 1 saturated heterocycles. The normalized spacial score (nSPS) is 14.6. The zero-order valence-corrected chi connectivity index (χ0v) is 15.8. The number of halogens is 1. The van der Waals surface area contributed by atoms with Crippen molar-refractivity contribution >= 4 is 29.0 Å². The zero-order chi connectivity index (χ0) is 19.1. The first-order valence-corrected chi connectivity index (χ1v) is 9.06. The Hall–Kier alpha value is -2.42. The minimum absolute atomic E-state index is 0.248. The van der Waals surface area contributed by atoms with Crippen LogP contribution in [-0.2, 0) is 4.74 Å². The Morgan fingerprint density at radius 2 is 2.07 bits per heavy atom. The Morgan fingerprint density at radius 3 is 2.78 bits per heavy atom. The number of nitrogens with one attached hydrogen (secondary N) is 2. The van der Waals surface area contributed by atoms with E-state index in [2.05, 4.69) is 25.7 Å². The number of hydrogen-bond donors (Lipinski definition) is 2. The van der Waals surface area contributed by atoms with Gasteiger partial charge in [-0.25, -0.2) is 0 Å². The highest BCUT2D eigenvalue weighted by atomic mass is 35.5. The smallest absolute Gasteiger partial charge is 0.271 e. The minimum atomic E-state index is -0.248. The van der Waals surface area contributed by atoms with E-state index in [4.69, 9.17) is 21.1 Å². The lowest BCUT2D eigenvalue weighted by Gasteiger charge is -2.26. The van der Waals surface area contributed by atoms with Crippen LogP contribution >= 0.6 is 11.6 Å². The number of carbonyl (C=O) groups excluding carboxylic acids is 1. The topological polar surface area (TPSA) is 88.6 Å². The van der Waals surface area contributed by atoms with E-state index < -0.39 is 0 Å². The van der Waals surface area contributed by atoms with Crippen molar-refractivity contribution in [1.82, 2.24) is 20.4 Å². The first kappa shape index (κ1) is 19.3. The molecule has 1 amide bonds. The number of ether oxygens (including phenoxy) is 2. The van der Waals surface area contributed by atoms with E-state index in [0.717, 1.165) is 32.8 Å². The molecule has 1 aliphatic rings. The van der Waals surface area contributed by atoms with Gasteiger partial charge in [0.15, 0.2) is 11.5 Å². The van der Waals surface area contributed by atoms with Gasteiger partial charge in [-0.1, -0.05) is 11.6 Å². The van der Waals surface area contributed by atoms with Gasteiger partial charge in [0.2, 0.25) is 0 Å². The quantitative estimate of drug-likeness (QED) is 0.745. The van der Waals surface area contributed by atoms with Crippen LogP contribution in [0.1, 0.15) is 10.5 Å². The summed E-state index contributed by atoms with van der Waals surface area (Å²) >= 11 is 6.02. The summed E-state index contributed by atoms with van der Waals surface area (Å²) in [6.45, 7) is 4.61. The molecule has 8 nitrogen and oxygen atoms in total. The van der Waals surface area contributed by atoms with E-state index in [9.17, 15) is 4.79 Å². The van der Waals surface area contributed by atoms with E-state index in [1.807, 2.05) is 0 Å². The third kappa shape index (κ3) is 5.53. The lowest BCUT2D eigenvalue weighted by Crippen LogP contribution is -2.41. The van der Waals surface area contributed by atoms with Crippen LogP contribution in [0.4, 0.5) is 11.5 Å². The molecule has 0 aliphatic carbocycles. The molecule has 1 fully saturated rings. The van der Waals surface area contributed by atoms with Crippen molar-refractivity contribution in [2.45, 2.75) is 0 Å². The van der Waals surface area contributed by atoms with Crippen molar-refractivity contribution in [2.24, 2.45) is 0 Å². The van der Waals surface area contributed by atoms with Crippen LogP contribution in [0, 0.1) is 0 Å². The molecular weight excluding hydrogens is 370 g/mol. The third-order valence-electron chi connectivity index (χ3n) is 4.14. The fourth-order valence-electron chi connectivity index (χ4n) is 2.68. The molecule has 0 bridgehead atoms. The van der Waals surface area contributed by atoms with Crippen molar-refractivity contribution in [2.75, 3.05) is 51.8 Å². The fraction of sp³-hybridized carbons (Fsp3) is 0.389. The van der Waals surface area contributed by atoms with E-state index in [1.54, 1.807) is 37.4 Å². The maximum Gasteiger partial charge on any atom is 0.271 e. The van der Waals surface area contributed by atoms with Crippen molar-refractivity contribution in [3.63, 3.8) is 0 Å². The van der Waals surface area contributed by atoms with Gasteiger partial charge in [-0.2, -0.15) is 0 Å². The van der Waals surface area contributed by atoms with Crippen molar-refractivity contribution in [3.05, 3.63) is 41.0 Å². The molecule has 0 unspecified atom stereocenters. The average molecular weight is 392 g/mol. The first-order valence-electron chi connectivity index (χ1n) is 8.68. The molecule has 9 heteroatoms. The van der Waals surface area contributed by atoms with Crippen LogP contribution < -0.4 is 15.4 Å². The van der Waals surface area contributed by atoms with Crippen LogP contribution in [0.5, 0.6) is 5.75 Å². The van der Waals surface area contributed by atoms with Gasteiger partial charge < -0.3 is 20.1 Å². The van der Waals surface area contributed by atoms with Crippen LogP contribution in [0.15, 0.2) is 30.3 Å². The van der Waals surface area contributed by atoms with Crippen LogP contribution in [-0.4, -0.2) is 67.5 Å². The minimum Gasteiger partial charge on any atom is -0.495 e. The zero-order valence-electron chi connectivity index (χ0n) is 15.1. The number of aromatic nitrogens is 2. The molecule has 0 saturated carbocycles. The van der Waals surface area contributed by atoms with E-state index in [1.165, 1.54) is 0 Å². The molecule has 2 aromatic rings. The maximum absolute atomic E-state index is 12.2. The second kappa shape index (κ2) is 9.50. The second-order valence-electron chi connectivity index (χ2n) is 5.98. The molecule has 27 heavy (non-hydrogen) atoms. The molecule has 0 spiro atoms. The SMILES string of the molecule is COc1ccc(Cl)cc1Nc1ccc(C(=O)NCCN2CCOCC2)nn1. The predicted molar refractivity (Wildman–Crippen MR) is 103 cm³/mol. The standard InChI is InChI=1S/C18H22ClN5O3/c1-26-16-4-2-13(19)12-15(16)21-17-5-3-14(22-23-17)18(25)20-6-7-24-8-10-27-11-9-24/h2-5,12H,6-11H2,1H3,(H,20,25)(H,21,23). The molecule has 3 rings (SSSR count). The Morgan fingerprint density at radius 1 is 1.26 bits per heavy atom. The van der Waals surface area contributed by atoms with Crippen molar-refractivity contribution in [3.8, 4) is 5.75 Å². The molecule has 0 atom stereocenters. The molecule has 1 aromatic heterocycles. The van der Waals surface area contributed by atoms with E-state index in [0.29, 0.717) is 28.8 Å². The molecule has 144 valence electrons. The molecular formula is C18H22ClN5O3. The fourth-order valence-corrected chi connectivity index (χ4v) is 2.85. The number of nitrogens with zero attached hydrogens (tertiary/aromatic N) is 3. The Labute approximate surface area is 162 Å². The maximum atomic E-state index is 12.2. The third-order valence-corrected chi connectivity index (χ3v) is 4.37. The van der Waals surface area contributed by atoms with Crippen molar-refractivity contribution < 1.29 is 14.3 Å². The van der Waals surface area contributed by atoms with Crippen molar-refractivity contribution in [1.29, 1.82) is 0 Å². The monoisotopic (exact) mass is 391 g/mol. The molecule has 0 radical (unpaired) electrons. The van der Waals surface area contributed by atoms with Crippen LogP contribution in [0.2, 0.25) is 5.02 Å².